The lowest BCUT2D eigenvalue weighted by molar-refractivity contribution is 0.395. The van der Waals surface area contributed by atoms with Crippen LogP contribution < -0.4 is 20.3 Å². The Hall–Kier alpha value is -1.88. The van der Waals surface area contributed by atoms with Crippen LogP contribution in [0.15, 0.2) is 46.9 Å². The number of anilines is 2. The van der Waals surface area contributed by atoms with Gasteiger partial charge in [0.2, 0.25) is 0 Å². The molecule has 0 atom stereocenters. The highest BCUT2D eigenvalue weighted by Gasteiger charge is 2.05. The predicted octanol–water partition coefficient (Wildman–Crippen LogP) is 3.91. The van der Waals surface area contributed by atoms with Crippen LogP contribution in [-0.4, -0.2) is 14.2 Å². The van der Waals surface area contributed by atoms with E-state index in [-0.39, 0.29) is 0 Å². The van der Waals surface area contributed by atoms with E-state index in [1.54, 1.807) is 14.2 Å². The summed E-state index contributed by atoms with van der Waals surface area (Å²) in [6, 6.07) is 13.4. The summed E-state index contributed by atoms with van der Waals surface area (Å²) in [4.78, 5) is 0. The van der Waals surface area contributed by atoms with Gasteiger partial charge in [-0.25, -0.2) is 0 Å². The number of halogens is 1. The number of nitrogens with one attached hydrogen (secondary N) is 2. The lowest BCUT2D eigenvalue weighted by atomic mass is 10.3. The average Bonchev–Trinajstić information content (AvgIpc) is 2.46. The third kappa shape index (κ3) is 3.32. The van der Waals surface area contributed by atoms with E-state index >= 15 is 0 Å². The molecule has 0 aliphatic carbocycles. The molecule has 0 unspecified atom stereocenters. The molecule has 0 saturated carbocycles. The topological polar surface area (TPSA) is 42.5 Å². The van der Waals surface area contributed by atoms with Crippen LogP contribution in [0.4, 0.5) is 11.4 Å². The lowest BCUT2D eigenvalue weighted by Crippen LogP contribution is -2.10. The Morgan fingerprint density at radius 1 is 0.895 bits per heavy atom. The van der Waals surface area contributed by atoms with Crippen LogP contribution in [-0.2, 0) is 0 Å². The second kappa shape index (κ2) is 6.33. The minimum absolute atomic E-state index is 0.707. The molecule has 5 heteroatoms. The summed E-state index contributed by atoms with van der Waals surface area (Å²) in [5.41, 5.74) is 8.01. The number of ether oxygens (including phenoxy) is 2. The van der Waals surface area contributed by atoms with Gasteiger partial charge in [0.05, 0.1) is 25.6 Å². The van der Waals surface area contributed by atoms with Crippen LogP contribution >= 0.6 is 15.9 Å². The molecule has 100 valence electrons. The highest BCUT2D eigenvalue weighted by atomic mass is 79.9. The minimum Gasteiger partial charge on any atom is -0.497 e. The first kappa shape index (κ1) is 13.5. The molecule has 4 nitrogen and oxygen atoms in total. The van der Waals surface area contributed by atoms with E-state index in [1.165, 1.54) is 0 Å². The molecule has 0 heterocycles. The zero-order chi connectivity index (χ0) is 13.7. The Morgan fingerprint density at radius 3 is 2.32 bits per heavy atom. The van der Waals surface area contributed by atoms with Crippen molar-refractivity contribution < 1.29 is 9.47 Å². The summed E-state index contributed by atoms with van der Waals surface area (Å²) >= 11 is 3.47. The Bertz CT molecular complexity index is 561. The van der Waals surface area contributed by atoms with Crippen molar-refractivity contribution in [3.05, 3.63) is 46.9 Å². The third-order valence-corrected chi connectivity index (χ3v) is 3.31. The summed E-state index contributed by atoms with van der Waals surface area (Å²) in [5.74, 6) is 1.46. The van der Waals surface area contributed by atoms with Crippen LogP contribution in [0, 0.1) is 0 Å². The van der Waals surface area contributed by atoms with Crippen molar-refractivity contribution in [2.24, 2.45) is 0 Å². The largest absolute Gasteiger partial charge is 0.497 e. The summed E-state index contributed by atoms with van der Waals surface area (Å²) in [5, 5.41) is 0. The summed E-state index contributed by atoms with van der Waals surface area (Å²) in [6.07, 6.45) is 0. The van der Waals surface area contributed by atoms with E-state index in [4.69, 9.17) is 9.47 Å². The van der Waals surface area contributed by atoms with Gasteiger partial charge in [0.25, 0.3) is 0 Å². The van der Waals surface area contributed by atoms with Crippen molar-refractivity contribution in [1.29, 1.82) is 0 Å². The molecule has 0 amide bonds. The van der Waals surface area contributed by atoms with E-state index in [0.29, 0.717) is 5.75 Å². The second-order valence-electron chi connectivity index (χ2n) is 3.80. The molecule has 2 aromatic rings. The highest BCUT2D eigenvalue weighted by Crippen LogP contribution is 2.29. The van der Waals surface area contributed by atoms with Gasteiger partial charge in [-0.3, -0.25) is 10.9 Å². The van der Waals surface area contributed by atoms with Crippen LogP contribution in [0.1, 0.15) is 0 Å². The third-order valence-electron chi connectivity index (χ3n) is 2.61. The lowest BCUT2D eigenvalue weighted by Gasteiger charge is -2.14. The Kier molecular flexibility index (Phi) is 4.52. The molecule has 0 spiro atoms. The Labute approximate surface area is 120 Å². The fourth-order valence-corrected chi connectivity index (χ4v) is 1.98. The second-order valence-corrected chi connectivity index (χ2v) is 4.65. The van der Waals surface area contributed by atoms with Crippen molar-refractivity contribution in [1.82, 2.24) is 0 Å². The summed E-state index contributed by atoms with van der Waals surface area (Å²) < 4.78 is 11.5. The molecule has 2 N–H and O–H groups in total. The standard InChI is InChI=1S/C14H15BrN2O2/c1-18-10-7-8-13(14(9-10)19-2)17-16-12-6-4-3-5-11(12)15/h3-9,16-17H,1-2H3. The molecule has 19 heavy (non-hydrogen) atoms. The van der Waals surface area contributed by atoms with Crippen LogP contribution in [0.3, 0.4) is 0 Å². The minimum atomic E-state index is 0.707. The zero-order valence-electron chi connectivity index (χ0n) is 10.7. The first-order valence-electron chi connectivity index (χ1n) is 5.73. The van der Waals surface area contributed by atoms with Gasteiger partial charge in [0.1, 0.15) is 11.5 Å². The zero-order valence-corrected chi connectivity index (χ0v) is 12.3. The van der Waals surface area contributed by atoms with Gasteiger partial charge in [0.15, 0.2) is 0 Å². The van der Waals surface area contributed by atoms with Crippen LogP contribution in [0.2, 0.25) is 0 Å². The van der Waals surface area contributed by atoms with Gasteiger partial charge >= 0.3 is 0 Å². The number of para-hydroxylation sites is 1. The smallest absolute Gasteiger partial charge is 0.147 e. The molecule has 0 bridgehead atoms. The number of methoxy groups -OCH3 is 2. The molecule has 0 radical (unpaired) electrons. The van der Waals surface area contributed by atoms with Crippen molar-refractivity contribution in [3.8, 4) is 11.5 Å². The number of rotatable bonds is 5. The molecule has 2 aromatic carbocycles. The Balaban J connectivity index is 2.13. The van der Waals surface area contributed by atoms with E-state index < -0.39 is 0 Å². The molecule has 0 aliphatic rings. The van der Waals surface area contributed by atoms with E-state index in [2.05, 4.69) is 26.8 Å². The van der Waals surface area contributed by atoms with Gasteiger partial charge < -0.3 is 9.47 Å². The normalized spacial score (nSPS) is 9.84. The van der Waals surface area contributed by atoms with Gasteiger partial charge in [-0.05, 0) is 40.2 Å². The van der Waals surface area contributed by atoms with Gasteiger partial charge in [0, 0.05) is 10.5 Å². The van der Waals surface area contributed by atoms with E-state index in [0.717, 1.165) is 21.6 Å². The molecule has 0 fully saturated rings. The fraction of sp³-hybridized carbons (Fsp3) is 0.143. The number of hydrogen-bond donors (Lipinski definition) is 2. The quantitative estimate of drug-likeness (QED) is 0.819. The van der Waals surface area contributed by atoms with Gasteiger partial charge in [-0.2, -0.15) is 0 Å². The van der Waals surface area contributed by atoms with Gasteiger partial charge in [-0.15, -0.1) is 0 Å². The fourth-order valence-electron chi connectivity index (χ4n) is 1.60. The molecule has 0 aromatic heterocycles. The summed E-state index contributed by atoms with van der Waals surface area (Å²) in [6.45, 7) is 0. The Morgan fingerprint density at radius 2 is 1.63 bits per heavy atom. The number of hydrazine groups is 1. The van der Waals surface area contributed by atoms with E-state index in [1.807, 2.05) is 42.5 Å². The maximum Gasteiger partial charge on any atom is 0.147 e. The molecule has 0 aliphatic heterocycles. The predicted molar refractivity (Wildman–Crippen MR) is 80.9 cm³/mol. The van der Waals surface area contributed by atoms with Gasteiger partial charge in [-0.1, -0.05) is 12.1 Å². The van der Waals surface area contributed by atoms with Crippen LogP contribution in [0.5, 0.6) is 11.5 Å². The first-order chi connectivity index (χ1) is 9.24. The van der Waals surface area contributed by atoms with Crippen LogP contribution in [0.25, 0.3) is 0 Å². The molecule has 0 saturated heterocycles. The maximum atomic E-state index is 5.31. The van der Waals surface area contributed by atoms with E-state index in [9.17, 15) is 0 Å². The SMILES string of the molecule is COc1ccc(NNc2ccccc2Br)c(OC)c1. The highest BCUT2D eigenvalue weighted by molar-refractivity contribution is 9.10. The first-order valence-corrected chi connectivity index (χ1v) is 6.52. The number of benzene rings is 2. The number of hydrogen-bond acceptors (Lipinski definition) is 4. The molecular weight excluding hydrogens is 308 g/mol. The van der Waals surface area contributed by atoms with Crippen molar-refractivity contribution in [2.75, 3.05) is 25.1 Å². The van der Waals surface area contributed by atoms with Crippen molar-refractivity contribution in [3.63, 3.8) is 0 Å². The monoisotopic (exact) mass is 322 g/mol. The maximum absolute atomic E-state index is 5.31. The average molecular weight is 323 g/mol. The van der Waals surface area contributed by atoms with Crippen molar-refractivity contribution in [2.45, 2.75) is 0 Å². The summed E-state index contributed by atoms with van der Waals surface area (Å²) in [7, 11) is 3.25. The van der Waals surface area contributed by atoms with Crippen molar-refractivity contribution >= 4 is 27.3 Å². The molecule has 2 rings (SSSR count). The molecular formula is C14H15BrN2O2.